The fraction of sp³-hybridized carbons (Fsp3) is 0.300. The summed E-state index contributed by atoms with van der Waals surface area (Å²) in [5, 5.41) is 11.2. The van der Waals surface area contributed by atoms with Crippen LogP contribution in [0.25, 0.3) is 0 Å². The van der Waals surface area contributed by atoms with Crippen LogP contribution in [0.5, 0.6) is 0 Å². The van der Waals surface area contributed by atoms with Crippen molar-refractivity contribution >= 4 is 21.9 Å². The van der Waals surface area contributed by atoms with E-state index in [0.29, 0.717) is 5.56 Å². The van der Waals surface area contributed by atoms with Gasteiger partial charge in [-0.05, 0) is 25.1 Å². The van der Waals surface area contributed by atoms with E-state index in [-0.39, 0.29) is 18.4 Å². The molecule has 0 saturated carbocycles. The van der Waals surface area contributed by atoms with Gasteiger partial charge in [0.2, 0.25) is 0 Å². The van der Waals surface area contributed by atoms with Crippen molar-refractivity contribution in [3.63, 3.8) is 0 Å². The van der Waals surface area contributed by atoms with Gasteiger partial charge in [-0.3, -0.25) is 4.79 Å². The van der Waals surface area contributed by atoms with Gasteiger partial charge in [0.15, 0.2) is 0 Å². The Morgan fingerprint density at radius 2 is 2.33 bits per heavy atom. The molecule has 0 aliphatic heterocycles. The van der Waals surface area contributed by atoms with E-state index in [2.05, 4.69) is 21.2 Å². The third kappa shape index (κ3) is 3.60. The van der Waals surface area contributed by atoms with E-state index in [1.807, 2.05) is 0 Å². The Labute approximate surface area is 95.4 Å². The Kier molecular flexibility index (Phi) is 4.23. The third-order valence-corrected chi connectivity index (χ3v) is 2.48. The van der Waals surface area contributed by atoms with Gasteiger partial charge in [-0.25, -0.2) is 4.39 Å². The van der Waals surface area contributed by atoms with E-state index in [1.54, 1.807) is 19.1 Å². The highest BCUT2D eigenvalue weighted by Crippen LogP contribution is 2.21. The number of carbonyl (C=O) groups is 1. The number of aliphatic carboxylic acids is 1. The topological polar surface area (TPSA) is 49.3 Å². The molecule has 0 amide bonds. The van der Waals surface area contributed by atoms with Crippen LogP contribution in [0.3, 0.4) is 0 Å². The van der Waals surface area contributed by atoms with Crippen LogP contribution >= 0.6 is 15.9 Å². The van der Waals surface area contributed by atoms with Gasteiger partial charge in [0, 0.05) is 16.1 Å². The SMILES string of the molecule is CC(NCC(=O)O)c1cc(Br)ccc1F. The summed E-state index contributed by atoms with van der Waals surface area (Å²) < 4.78 is 14.1. The van der Waals surface area contributed by atoms with Crippen LogP contribution in [0.2, 0.25) is 0 Å². The van der Waals surface area contributed by atoms with E-state index in [1.165, 1.54) is 6.07 Å². The molecular weight excluding hydrogens is 265 g/mol. The van der Waals surface area contributed by atoms with Gasteiger partial charge < -0.3 is 10.4 Å². The molecule has 2 N–H and O–H groups in total. The summed E-state index contributed by atoms with van der Waals surface area (Å²) in [5.74, 6) is -1.30. The molecule has 1 aromatic carbocycles. The summed E-state index contributed by atoms with van der Waals surface area (Å²) in [6, 6.07) is 4.24. The third-order valence-electron chi connectivity index (χ3n) is 1.98. The summed E-state index contributed by atoms with van der Waals surface area (Å²) in [7, 11) is 0. The molecule has 1 rings (SSSR count). The Morgan fingerprint density at radius 3 is 2.93 bits per heavy atom. The number of carboxylic acids is 1. The van der Waals surface area contributed by atoms with Crippen molar-refractivity contribution in [3.05, 3.63) is 34.1 Å². The fourth-order valence-corrected chi connectivity index (χ4v) is 1.58. The van der Waals surface area contributed by atoms with E-state index in [4.69, 9.17) is 5.11 Å². The number of rotatable bonds is 4. The maximum absolute atomic E-state index is 13.3. The van der Waals surface area contributed by atoms with Crippen LogP contribution in [-0.2, 0) is 4.79 Å². The molecule has 0 saturated heterocycles. The number of benzene rings is 1. The lowest BCUT2D eigenvalue weighted by Crippen LogP contribution is -2.26. The molecule has 0 fully saturated rings. The molecule has 15 heavy (non-hydrogen) atoms. The zero-order valence-electron chi connectivity index (χ0n) is 8.13. The second-order valence-electron chi connectivity index (χ2n) is 3.16. The second kappa shape index (κ2) is 5.23. The highest BCUT2D eigenvalue weighted by molar-refractivity contribution is 9.10. The summed E-state index contributed by atoms with van der Waals surface area (Å²) in [4.78, 5) is 10.3. The Bertz CT molecular complexity index is 370. The number of nitrogens with one attached hydrogen (secondary N) is 1. The van der Waals surface area contributed by atoms with Gasteiger partial charge in [0.1, 0.15) is 5.82 Å². The van der Waals surface area contributed by atoms with Crippen molar-refractivity contribution in [2.75, 3.05) is 6.54 Å². The number of hydrogen-bond donors (Lipinski definition) is 2. The van der Waals surface area contributed by atoms with Crippen molar-refractivity contribution in [2.45, 2.75) is 13.0 Å². The first-order valence-electron chi connectivity index (χ1n) is 4.41. The van der Waals surface area contributed by atoms with E-state index in [9.17, 15) is 9.18 Å². The number of hydrogen-bond acceptors (Lipinski definition) is 2. The summed E-state index contributed by atoms with van der Waals surface area (Å²) in [5.41, 5.74) is 0.450. The Morgan fingerprint density at radius 1 is 1.67 bits per heavy atom. The van der Waals surface area contributed by atoms with Gasteiger partial charge in [-0.15, -0.1) is 0 Å². The predicted octanol–water partition coefficient (Wildman–Crippen LogP) is 2.32. The average Bonchev–Trinajstić information content (AvgIpc) is 2.18. The second-order valence-corrected chi connectivity index (χ2v) is 4.08. The van der Waals surface area contributed by atoms with Crippen LogP contribution in [-0.4, -0.2) is 17.6 Å². The minimum Gasteiger partial charge on any atom is -0.480 e. The molecule has 1 aromatic rings. The van der Waals surface area contributed by atoms with Crippen molar-refractivity contribution in [2.24, 2.45) is 0 Å². The highest BCUT2D eigenvalue weighted by Gasteiger charge is 2.11. The molecule has 0 radical (unpaired) electrons. The quantitative estimate of drug-likeness (QED) is 0.887. The number of carboxylic acid groups (broad SMARTS) is 1. The van der Waals surface area contributed by atoms with Crippen LogP contribution in [0.1, 0.15) is 18.5 Å². The molecule has 0 heterocycles. The van der Waals surface area contributed by atoms with Gasteiger partial charge in [-0.2, -0.15) is 0 Å². The molecule has 3 nitrogen and oxygen atoms in total. The zero-order valence-corrected chi connectivity index (χ0v) is 9.71. The normalized spacial score (nSPS) is 12.5. The fourth-order valence-electron chi connectivity index (χ4n) is 1.20. The zero-order chi connectivity index (χ0) is 11.4. The van der Waals surface area contributed by atoms with Crippen molar-refractivity contribution < 1.29 is 14.3 Å². The number of halogens is 2. The molecule has 0 aliphatic carbocycles. The molecule has 0 bridgehead atoms. The van der Waals surface area contributed by atoms with Gasteiger partial charge in [0.25, 0.3) is 0 Å². The van der Waals surface area contributed by atoms with Gasteiger partial charge in [-0.1, -0.05) is 15.9 Å². The first-order chi connectivity index (χ1) is 7.00. The van der Waals surface area contributed by atoms with E-state index in [0.717, 1.165) is 4.47 Å². The van der Waals surface area contributed by atoms with Crippen molar-refractivity contribution in [3.8, 4) is 0 Å². The van der Waals surface area contributed by atoms with Crippen molar-refractivity contribution in [1.82, 2.24) is 5.32 Å². The minimum absolute atomic E-state index is 0.187. The van der Waals surface area contributed by atoms with Crippen molar-refractivity contribution in [1.29, 1.82) is 0 Å². The monoisotopic (exact) mass is 275 g/mol. The maximum Gasteiger partial charge on any atom is 0.317 e. The minimum atomic E-state index is -0.961. The van der Waals surface area contributed by atoms with Gasteiger partial charge >= 0.3 is 5.97 Å². The smallest absolute Gasteiger partial charge is 0.317 e. The standard InChI is InChI=1S/C10H11BrFNO2/c1-6(13-5-10(14)15)8-4-7(11)2-3-9(8)12/h2-4,6,13H,5H2,1H3,(H,14,15). The summed E-state index contributed by atoms with van der Waals surface area (Å²) in [6.07, 6.45) is 0. The molecule has 82 valence electrons. The van der Waals surface area contributed by atoms with E-state index < -0.39 is 5.97 Å². The van der Waals surface area contributed by atoms with Gasteiger partial charge in [0.05, 0.1) is 6.54 Å². The van der Waals surface area contributed by atoms with Crippen LogP contribution in [0, 0.1) is 5.82 Å². The molecular formula is C10H11BrFNO2. The molecule has 1 unspecified atom stereocenters. The maximum atomic E-state index is 13.3. The molecule has 5 heteroatoms. The highest BCUT2D eigenvalue weighted by atomic mass is 79.9. The predicted molar refractivity (Wildman–Crippen MR) is 58.2 cm³/mol. The van der Waals surface area contributed by atoms with Crippen LogP contribution < -0.4 is 5.32 Å². The molecule has 0 aromatic heterocycles. The molecule has 0 spiro atoms. The molecule has 0 aliphatic rings. The average molecular weight is 276 g/mol. The Hall–Kier alpha value is -0.940. The van der Waals surface area contributed by atoms with E-state index >= 15 is 0 Å². The summed E-state index contributed by atoms with van der Waals surface area (Å²) in [6.45, 7) is 1.53. The summed E-state index contributed by atoms with van der Waals surface area (Å²) >= 11 is 3.23. The lowest BCUT2D eigenvalue weighted by Gasteiger charge is -2.13. The van der Waals surface area contributed by atoms with Crippen LogP contribution in [0.4, 0.5) is 4.39 Å². The lowest BCUT2D eigenvalue weighted by molar-refractivity contribution is -0.136. The molecule has 1 atom stereocenters. The first kappa shape index (κ1) is 12.1. The largest absolute Gasteiger partial charge is 0.480 e. The Balaban J connectivity index is 2.76. The lowest BCUT2D eigenvalue weighted by atomic mass is 10.1. The first-order valence-corrected chi connectivity index (χ1v) is 5.20. The van der Waals surface area contributed by atoms with Crippen LogP contribution in [0.15, 0.2) is 22.7 Å².